The molecule has 0 aliphatic heterocycles. The van der Waals surface area contributed by atoms with Crippen LogP contribution in [0.2, 0.25) is 0 Å². The molecule has 0 fully saturated rings. The van der Waals surface area contributed by atoms with Gasteiger partial charge in [0.25, 0.3) is 0 Å². The van der Waals surface area contributed by atoms with Gasteiger partial charge in [-0.1, -0.05) is 6.07 Å². The molecule has 0 unspecified atom stereocenters. The zero-order valence-corrected chi connectivity index (χ0v) is 13.8. The summed E-state index contributed by atoms with van der Waals surface area (Å²) < 4.78 is 20.1. The highest BCUT2D eigenvalue weighted by molar-refractivity contribution is 5.87. The number of nitrogens with zero attached hydrogens (tertiary/aromatic N) is 4. The maximum absolute atomic E-state index is 13.2. The minimum absolute atomic E-state index is 0.106. The van der Waals surface area contributed by atoms with E-state index >= 15 is 0 Å². The molecule has 0 bridgehead atoms. The molecule has 3 rings (SSSR count). The van der Waals surface area contributed by atoms with E-state index in [-0.39, 0.29) is 12.5 Å². The summed E-state index contributed by atoms with van der Waals surface area (Å²) in [7, 11) is 1.51. The van der Waals surface area contributed by atoms with E-state index in [2.05, 4.69) is 20.5 Å². The second-order valence-electron chi connectivity index (χ2n) is 5.51. The van der Waals surface area contributed by atoms with Crippen molar-refractivity contribution in [2.45, 2.75) is 13.1 Å². The molecule has 1 aromatic carbocycles. The van der Waals surface area contributed by atoms with Crippen molar-refractivity contribution in [3.05, 3.63) is 30.5 Å². The summed E-state index contributed by atoms with van der Waals surface area (Å²) in [5.41, 5.74) is 16.3. The largest absolute Gasteiger partial charge is 0.479 e. The first-order chi connectivity index (χ1) is 12.0. The molecule has 0 radical (unpaired) electrons. The van der Waals surface area contributed by atoms with Crippen molar-refractivity contribution in [1.29, 1.82) is 5.53 Å². The van der Waals surface area contributed by atoms with Crippen molar-refractivity contribution in [3.63, 3.8) is 0 Å². The van der Waals surface area contributed by atoms with Gasteiger partial charge in [0.1, 0.15) is 17.4 Å². The number of nitrogens with one attached hydrogen (secondary N) is 2. The predicted molar refractivity (Wildman–Crippen MR) is 93.3 cm³/mol. The van der Waals surface area contributed by atoms with Gasteiger partial charge >= 0.3 is 0 Å². The number of alkyl halides is 1. The Hall–Kier alpha value is -3.23. The first-order valence-electron chi connectivity index (χ1n) is 7.62. The predicted octanol–water partition coefficient (Wildman–Crippen LogP) is 3.42. The molecule has 2 heterocycles. The molecule has 130 valence electrons. The number of nitrogen functional groups attached to an aromatic ring is 1. The van der Waals surface area contributed by atoms with E-state index in [1.807, 2.05) is 12.1 Å². The molecule has 0 saturated carbocycles. The SMILES string of the molecule is COc1nc(N)nn2ccc(-c3ccc(N=N)c(NC[C@@H](C)F)c3)c12. The minimum Gasteiger partial charge on any atom is -0.479 e. The second kappa shape index (κ2) is 6.71. The number of ether oxygens (including phenoxy) is 1. The zero-order chi connectivity index (χ0) is 18.0. The van der Waals surface area contributed by atoms with Crippen LogP contribution in [-0.4, -0.2) is 34.4 Å². The van der Waals surface area contributed by atoms with Crippen molar-refractivity contribution >= 4 is 22.8 Å². The lowest BCUT2D eigenvalue weighted by molar-refractivity contribution is 0.378. The van der Waals surface area contributed by atoms with Gasteiger partial charge in [-0.3, -0.25) is 0 Å². The van der Waals surface area contributed by atoms with E-state index in [0.717, 1.165) is 11.1 Å². The highest BCUT2D eigenvalue weighted by Crippen LogP contribution is 2.35. The highest BCUT2D eigenvalue weighted by Gasteiger charge is 2.15. The van der Waals surface area contributed by atoms with Crippen molar-refractivity contribution in [3.8, 4) is 17.0 Å². The van der Waals surface area contributed by atoms with Crippen molar-refractivity contribution in [2.75, 3.05) is 24.7 Å². The van der Waals surface area contributed by atoms with Gasteiger partial charge in [-0.05, 0) is 30.7 Å². The molecular weight excluding hydrogens is 325 g/mol. The van der Waals surface area contributed by atoms with E-state index in [9.17, 15) is 4.39 Å². The Morgan fingerprint density at radius 3 is 2.92 bits per heavy atom. The Kier molecular flexibility index (Phi) is 4.46. The van der Waals surface area contributed by atoms with E-state index in [4.69, 9.17) is 16.0 Å². The van der Waals surface area contributed by atoms with Crippen molar-refractivity contribution < 1.29 is 9.13 Å². The summed E-state index contributed by atoms with van der Waals surface area (Å²) >= 11 is 0. The fourth-order valence-electron chi connectivity index (χ4n) is 2.58. The number of benzene rings is 1. The molecular formula is C16H18FN7O. The fourth-order valence-corrected chi connectivity index (χ4v) is 2.58. The normalized spacial score (nSPS) is 12.1. The lowest BCUT2D eigenvalue weighted by Crippen LogP contribution is -2.11. The Morgan fingerprint density at radius 2 is 2.24 bits per heavy atom. The molecule has 0 aliphatic rings. The molecule has 0 amide bonds. The van der Waals surface area contributed by atoms with Gasteiger partial charge in [-0.2, -0.15) is 10.1 Å². The van der Waals surface area contributed by atoms with E-state index in [1.165, 1.54) is 14.0 Å². The minimum atomic E-state index is -1.02. The van der Waals surface area contributed by atoms with Crippen LogP contribution in [0.5, 0.6) is 5.88 Å². The van der Waals surface area contributed by atoms with E-state index < -0.39 is 6.17 Å². The maximum atomic E-state index is 13.2. The summed E-state index contributed by atoms with van der Waals surface area (Å²) in [6, 6.07) is 7.19. The zero-order valence-electron chi connectivity index (χ0n) is 13.8. The van der Waals surface area contributed by atoms with Crippen LogP contribution in [0.4, 0.5) is 21.7 Å². The first kappa shape index (κ1) is 16.6. The van der Waals surface area contributed by atoms with Crippen LogP contribution in [0.15, 0.2) is 35.6 Å². The van der Waals surface area contributed by atoms with Crippen molar-refractivity contribution in [1.82, 2.24) is 14.6 Å². The number of hydrogen-bond acceptors (Lipinski definition) is 7. The lowest BCUT2D eigenvalue weighted by atomic mass is 10.1. The van der Waals surface area contributed by atoms with Crippen LogP contribution in [0, 0.1) is 5.53 Å². The van der Waals surface area contributed by atoms with Gasteiger partial charge in [0.15, 0.2) is 0 Å². The quantitative estimate of drug-likeness (QED) is 0.593. The van der Waals surface area contributed by atoms with Crippen LogP contribution < -0.4 is 15.8 Å². The molecule has 0 spiro atoms. The summed E-state index contributed by atoms with van der Waals surface area (Å²) in [6.45, 7) is 1.59. The third kappa shape index (κ3) is 3.21. The Labute approximate surface area is 143 Å². The summed E-state index contributed by atoms with van der Waals surface area (Å²) in [5.74, 6) is 0.461. The smallest absolute Gasteiger partial charge is 0.243 e. The van der Waals surface area contributed by atoms with E-state index in [0.29, 0.717) is 22.8 Å². The number of methoxy groups -OCH3 is 1. The number of fused-ring (bicyclic) bond motifs is 1. The van der Waals surface area contributed by atoms with Crippen LogP contribution >= 0.6 is 0 Å². The van der Waals surface area contributed by atoms with Crippen molar-refractivity contribution in [2.24, 2.45) is 5.11 Å². The average molecular weight is 343 g/mol. The Morgan fingerprint density at radius 1 is 1.44 bits per heavy atom. The lowest BCUT2D eigenvalue weighted by Gasteiger charge is -2.12. The molecule has 0 aliphatic carbocycles. The van der Waals surface area contributed by atoms with Gasteiger partial charge < -0.3 is 15.8 Å². The molecule has 1 atom stereocenters. The molecule has 25 heavy (non-hydrogen) atoms. The third-order valence-electron chi connectivity index (χ3n) is 3.69. The second-order valence-corrected chi connectivity index (χ2v) is 5.51. The fraction of sp³-hybridized carbons (Fsp3) is 0.250. The molecule has 2 aromatic heterocycles. The third-order valence-corrected chi connectivity index (χ3v) is 3.69. The van der Waals surface area contributed by atoms with E-state index in [1.54, 1.807) is 22.8 Å². The van der Waals surface area contributed by atoms with Crippen LogP contribution in [0.25, 0.3) is 16.6 Å². The van der Waals surface area contributed by atoms with Gasteiger partial charge in [-0.25, -0.2) is 14.4 Å². The van der Waals surface area contributed by atoms with Gasteiger partial charge in [0.2, 0.25) is 11.8 Å². The number of rotatable bonds is 6. The average Bonchev–Trinajstić information content (AvgIpc) is 3.02. The number of halogens is 1. The van der Waals surface area contributed by atoms with Gasteiger partial charge in [0.05, 0.1) is 12.8 Å². The highest BCUT2D eigenvalue weighted by atomic mass is 19.1. The Bertz CT molecular complexity index is 922. The summed E-state index contributed by atoms with van der Waals surface area (Å²) in [6.07, 6.45) is 0.735. The molecule has 9 heteroatoms. The molecule has 4 N–H and O–H groups in total. The number of anilines is 2. The first-order valence-corrected chi connectivity index (χ1v) is 7.62. The maximum Gasteiger partial charge on any atom is 0.243 e. The summed E-state index contributed by atoms with van der Waals surface area (Å²) in [5, 5.41) is 10.6. The number of hydrogen-bond donors (Lipinski definition) is 3. The van der Waals surface area contributed by atoms with Crippen LogP contribution in [-0.2, 0) is 0 Å². The molecule has 8 nitrogen and oxygen atoms in total. The number of nitrogens with two attached hydrogens (primary N) is 1. The van der Waals surface area contributed by atoms with Crippen LogP contribution in [0.1, 0.15) is 6.92 Å². The van der Waals surface area contributed by atoms with Gasteiger partial charge in [0, 0.05) is 18.3 Å². The summed E-state index contributed by atoms with van der Waals surface area (Å²) in [4.78, 5) is 4.10. The van der Waals surface area contributed by atoms with Gasteiger partial charge in [-0.15, -0.1) is 5.10 Å². The number of aromatic nitrogens is 3. The molecule has 3 aromatic rings. The topological polar surface area (TPSA) is 114 Å². The van der Waals surface area contributed by atoms with Crippen LogP contribution in [0.3, 0.4) is 0 Å². The molecule has 0 saturated heterocycles. The monoisotopic (exact) mass is 343 g/mol. The Balaban J connectivity index is 2.12. The standard InChI is InChI=1S/C16H18FN7O/c1-9(17)8-20-13-7-10(3-4-12(13)22-19)11-5-6-24-14(11)15(25-2)21-16(18)23-24/h3-7,9,19-20H,8H2,1-2H3,(H2,18,23)/t9-/m1/s1.